The van der Waals surface area contributed by atoms with E-state index in [1.54, 1.807) is 0 Å². The predicted octanol–water partition coefficient (Wildman–Crippen LogP) is 12.0. The van der Waals surface area contributed by atoms with Crippen LogP contribution in [0, 0.1) is 0 Å². The standard InChI is InChI=1S/C46H26N4O2/c1-2-11-28-26-29(22-21-27(28)10-1)44-48-45(50-46(49-44)36-16-8-18-38-41(36)35-14-5-6-17-37(35)51-38)34-24-23-32(30-12-3-4-13-31(30)34)33-15-7-19-39-42(33)43-40(52-39)20-9-25-47-43/h1-26H. The van der Waals surface area contributed by atoms with Gasteiger partial charge in [-0.1, -0.05) is 109 Å². The topological polar surface area (TPSA) is 77.8 Å². The lowest BCUT2D eigenvalue weighted by atomic mass is 9.92. The van der Waals surface area contributed by atoms with Gasteiger partial charge in [0, 0.05) is 33.7 Å². The molecule has 0 radical (unpaired) electrons. The highest BCUT2D eigenvalue weighted by molar-refractivity contribution is 6.15. The third kappa shape index (κ3) is 4.38. The van der Waals surface area contributed by atoms with E-state index in [2.05, 4.69) is 97.1 Å². The van der Waals surface area contributed by atoms with E-state index in [0.717, 1.165) is 93.4 Å². The molecular weight excluding hydrogens is 641 g/mol. The molecule has 0 aliphatic rings. The number of fused-ring (bicyclic) bond motifs is 8. The molecule has 0 spiro atoms. The van der Waals surface area contributed by atoms with E-state index in [9.17, 15) is 0 Å². The normalized spacial score (nSPS) is 11.8. The maximum atomic E-state index is 6.27. The molecule has 0 aliphatic carbocycles. The van der Waals surface area contributed by atoms with E-state index in [4.69, 9.17) is 28.8 Å². The first-order valence-corrected chi connectivity index (χ1v) is 17.2. The number of nitrogens with zero attached hydrogens (tertiary/aromatic N) is 4. The van der Waals surface area contributed by atoms with Crippen LogP contribution in [0.2, 0.25) is 0 Å². The molecule has 242 valence electrons. The van der Waals surface area contributed by atoms with Crippen LogP contribution in [0.4, 0.5) is 0 Å². The van der Waals surface area contributed by atoms with Crippen molar-refractivity contribution < 1.29 is 8.83 Å². The minimum atomic E-state index is 0.583. The fourth-order valence-corrected chi connectivity index (χ4v) is 7.63. The average molecular weight is 667 g/mol. The Bertz CT molecular complexity index is 3210. The van der Waals surface area contributed by atoms with Crippen LogP contribution in [0.5, 0.6) is 0 Å². The van der Waals surface area contributed by atoms with Crippen LogP contribution >= 0.6 is 0 Å². The van der Waals surface area contributed by atoms with Crippen LogP contribution in [0.3, 0.4) is 0 Å². The molecule has 0 N–H and O–H groups in total. The number of hydrogen-bond donors (Lipinski definition) is 0. The first-order chi connectivity index (χ1) is 25.8. The Labute approximate surface area is 296 Å². The molecule has 0 unspecified atom stereocenters. The van der Waals surface area contributed by atoms with Crippen LogP contribution in [0.1, 0.15) is 0 Å². The van der Waals surface area contributed by atoms with Gasteiger partial charge >= 0.3 is 0 Å². The van der Waals surface area contributed by atoms with Gasteiger partial charge in [-0.25, -0.2) is 15.0 Å². The van der Waals surface area contributed by atoms with Crippen LogP contribution in [-0.4, -0.2) is 19.9 Å². The molecule has 0 atom stereocenters. The van der Waals surface area contributed by atoms with Crippen molar-refractivity contribution in [3.63, 3.8) is 0 Å². The molecule has 0 fully saturated rings. The van der Waals surface area contributed by atoms with Crippen LogP contribution in [0.15, 0.2) is 167 Å². The molecule has 0 aliphatic heterocycles. The van der Waals surface area contributed by atoms with Crippen LogP contribution < -0.4 is 0 Å². The van der Waals surface area contributed by atoms with Gasteiger partial charge < -0.3 is 8.83 Å². The highest BCUT2D eigenvalue weighted by Crippen LogP contribution is 2.42. The molecule has 52 heavy (non-hydrogen) atoms. The fourth-order valence-electron chi connectivity index (χ4n) is 7.63. The van der Waals surface area contributed by atoms with Crippen molar-refractivity contribution in [1.82, 2.24) is 19.9 Å². The van der Waals surface area contributed by atoms with Crippen molar-refractivity contribution in [2.24, 2.45) is 0 Å². The minimum absolute atomic E-state index is 0.583. The second-order valence-corrected chi connectivity index (χ2v) is 13.0. The van der Waals surface area contributed by atoms with Crippen molar-refractivity contribution in [3.8, 4) is 45.3 Å². The van der Waals surface area contributed by atoms with E-state index in [0.29, 0.717) is 17.5 Å². The van der Waals surface area contributed by atoms with E-state index in [1.807, 2.05) is 60.8 Å². The molecule has 4 aromatic heterocycles. The second kappa shape index (κ2) is 11.2. The van der Waals surface area contributed by atoms with Crippen molar-refractivity contribution in [3.05, 3.63) is 158 Å². The van der Waals surface area contributed by atoms with E-state index < -0.39 is 0 Å². The van der Waals surface area contributed by atoms with Gasteiger partial charge in [0.05, 0.1) is 5.39 Å². The van der Waals surface area contributed by atoms with Gasteiger partial charge in [-0.2, -0.15) is 0 Å². The summed E-state index contributed by atoms with van der Waals surface area (Å²) in [5.41, 5.74) is 8.90. The average Bonchev–Trinajstić information content (AvgIpc) is 3.79. The summed E-state index contributed by atoms with van der Waals surface area (Å²) in [6, 6.07) is 51.6. The second-order valence-electron chi connectivity index (χ2n) is 13.0. The van der Waals surface area contributed by atoms with Gasteiger partial charge in [-0.15, -0.1) is 0 Å². The predicted molar refractivity (Wildman–Crippen MR) is 209 cm³/mol. The van der Waals surface area contributed by atoms with Gasteiger partial charge in [0.15, 0.2) is 23.1 Å². The zero-order valence-electron chi connectivity index (χ0n) is 27.6. The molecule has 11 aromatic rings. The van der Waals surface area contributed by atoms with Gasteiger partial charge in [0.2, 0.25) is 0 Å². The van der Waals surface area contributed by atoms with E-state index in [-0.39, 0.29) is 0 Å². The highest BCUT2D eigenvalue weighted by atomic mass is 16.3. The minimum Gasteiger partial charge on any atom is -0.456 e. The third-order valence-corrected chi connectivity index (χ3v) is 10.00. The molecule has 0 amide bonds. The maximum absolute atomic E-state index is 6.27. The summed E-state index contributed by atoms with van der Waals surface area (Å²) in [6.45, 7) is 0. The first-order valence-electron chi connectivity index (χ1n) is 17.2. The SMILES string of the molecule is c1ccc2cc(-c3nc(-c4ccc(-c5cccc6oc7cccnc7c56)c5ccccc45)nc(-c4cccc5oc6ccccc6c45)n3)ccc2c1. The summed E-state index contributed by atoms with van der Waals surface area (Å²) in [5, 5.41) is 7.39. The first kappa shape index (κ1) is 28.6. The zero-order valence-corrected chi connectivity index (χ0v) is 27.6. The number of benzene rings is 7. The Morgan fingerprint density at radius 2 is 0.981 bits per heavy atom. The van der Waals surface area contributed by atoms with Crippen molar-refractivity contribution in [2.75, 3.05) is 0 Å². The molecule has 7 aromatic carbocycles. The van der Waals surface area contributed by atoms with Gasteiger partial charge in [0.1, 0.15) is 22.3 Å². The molecule has 6 heteroatoms. The molecule has 4 heterocycles. The largest absolute Gasteiger partial charge is 0.456 e. The summed E-state index contributed by atoms with van der Waals surface area (Å²) in [6.07, 6.45) is 1.81. The number of aromatic nitrogens is 4. The summed E-state index contributed by atoms with van der Waals surface area (Å²) < 4.78 is 12.5. The fraction of sp³-hybridized carbons (Fsp3) is 0. The summed E-state index contributed by atoms with van der Waals surface area (Å²) in [5.74, 6) is 1.78. The Morgan fingerprint density at radius 1 is 0.365 bits per heavy atom. The van der Waals surface area contributed by atoms with Crippen molar-refractivity contribution in [2.45, 2.75) is 0 Å². The van der Waals surface area contributed by atoms with Gasteiger partial charge in [0.25, 0.3) is 0 Å². The lowest BCUT2D eigenvalue weighted by Gasteiger charge is -2.14. The lowest BCUT2D eigenvalue weighted by Crippen LogP contribution is -2.01. The molecule has 11 rings (SSSR count). The van der Waals surface area contributed by atoms with E-state index in [1.165, 1.54) is 0 Å². The molecule has 0 saturated carbocycles. The smallest absolute Gasteiger partial charge is 0.164 e. The summed E-state index contributed by atoms with van der Waals surface area (Å²) in [7, 11) is 0. The Kier molecular flexibility index (Phi) is 6.15. The van der Waals surface area contributed by atoms with Gasteiger partial charge in [-0.05, 0) is 75.1 Å². The number of para-hydroxylation sites is 1. The van der Waals surface area contributed by atoms with Crippen molar-refractivity contribution >= 4 is 65.6 Å². The highest BCUT2D eigenvalue weighted by Gasteiger charge is 2.21. The zero-order chi connectivity index (χ0) is 34.2. The molecule has 0 bridgehead atoms. The number of furan rings is 2. The van der Waals surface area contributed by atoms with Crippen LogP contribution in [0.25, 0.3) is 111 Å². The molecule has 0 saturated heterocycles. The van der Waals surface area contributed by atoms with E-state index >= 15 is 0 Å². The third-order valence-electron chi connectivity index (χ3n) is 10.00. The van der Waals surface area contributed by atoms with Crippen molar-refractivity contribution in [1.29, 1.82) is 0 Å². The Balaban J connectivity index is 1.17. The number of hydrogen-bond acceptors (Lipinski definition) is 6. The molecular formula is C46H26N4O2. The maximum Gasteiger partial charge on any atom is 0.164 e. The lowest BCUT2D eigenvalue weighted by molar-refractivity contribution is 0.668. The Morgan fingerprint density at radius 3 is 1.85 bits per heavy atom. The van der Waals surface area contributed by atoms with Crippen LogP contribution in [-0.2, 0) is 0 Å². The summed E-state index contributed by atoms with van der Waals surface area (Å²) >= 11 is 0. The van der Waals surface area contributed by atoms with Gasteiger partial charge in [-0.3, -0.25) is 4.98 Å². The number of pyridine rings is 1. The molecule has 6 nitrogen and oxygen atoms in total. The monoisotopic (exact) mass is 666 g/mol. The summed E-state index contributed by atoms with van der Waals surface area (Å²) in [4.78, 5) is 20.3. The number of rotatable bonds is 4. The quantitative estimate of drug-likeness (QED) is 0.186. The Hall–Kier alpha value is -7.18.